The molecule has 0 saturated carbocycles. The van der Waals surface area contributed by atoms with Gasteiger partial charge in [0.25, 0.3) is 0 Å². The van der Waals surface area contributed by atoms with E-state index in [1.54, 1.807) is 24.4 Å². The van der Waals surface area contributed by atoms with Crippen molar-refractivity contribution >= 4 is 22.9 Å². The molecule has 2 heterocycles. The summed E-state index contributed by atoms with van der Waals surface area (Å²) in [4.78, 5) is 10.9. The Balaban J connectivity index is 1.83. The van der Waals surface area contributed by atoms with Gasteiger partial charge >= 0.3 is 6.18 Å². The number of nitrogens with two attached hydrogens (primary N) is 1. The summed E-state index contributed by atoms with van der Waals surface area (Å²) in [6, 6.07) is 10.1. The molecule has 1 aliphatic heterocycles. The predicted molar refractivity (Wildman–Crippen MR) is 103 cm³/mol. The first kappa shape index (κ1) is 19.5. The molecule has 28 heavy (non-hydrogen) atoms. The molecular weight excluding hydrogens is 371 g/mol. The van der Waals surface area contributed by atoms with E-state index in [1.165, 1.54) is 12.3 Å². The third-order valence-electron chi connectivity index (χ3n) is 4.15. The van der Waals surface area contributed by atoms with Gasteiger partial charge in [-0.25, -0.2) is 9.98 Å². The van der Waals surface area contributed by atoms with E-state index in [-0.39, 0.29) is 5.75 Å². The Morgan fingerprint density at radius 1 is 1.25 bits per heavy atom. The topological polar surface area (TPSA) is 75.8 Å². The van der Waals surface area contributed by atoms with Crippen molar-refractivity contribution in [2.75, 3.05) is 37.0 Å². The number of aromatic nitrogens is 1. The standard InChI is InChI=1S/C19H20F3N5O/c1-24-14-6-7-18(25-9-14)27-10-13(8-23)16(11-27)26-15-4-2-3-5-17(15)28-12-19(20,21)22/h2-9,24H,10-12,23H2,1H3. The van der Waals surface area contributed by atoms with Gasteiger partial charge in [-0.05, 0) is 24.3 Å². The molecule has 0 bridgehead atoms. The lowest BCUT2D eigenvalue weighted by molar-refractivity contribution is -0.153. The van der Waals surface area contributed by atoms with E-state index in [9.17, 15) is 13.2 Å². The molecule has 1 aromatic heterocycles. The fourth-order valence-corrected chi connectivity index (χ4v) is 2.75. The maximum atomic E-state index is 12.5. The maximum absolute atomic E-state index is 12.5. The second-order valence-corrected chi connectivity index (χ2v) is 6.13. The van der Waals surface area contributed by atoms with Crippen molar-refractivity contribution in [2.24, 2.45) is 10.7 Å². The van der Waals surface area contributed by atoms with Crippen LogP contribution in [0, 0.1) is 0 Å². The highest BCUT2D eigenvalue weighted by Crippen LogP contribution is 2.31. The fraction of sp³-hybridized carbons (Fsp3) is 0.263. The molecule has 1 saturated heterocycles. The van der Waals surface area contributed by atoms with Crippen LogP contribution in [0.5, 0.6) is 5.75 Å². The predicted octanol–water partition coefficient (Wildman–Crippen LogP) is 3.50. The van der Waals surface area contributed by atoms with E-state index in [4.69, 9.17) is 10.5 Å². The van der Waals surface area contributed by atoms with Crippen LogP contribution in [0.25, 0.3) is 0 Å². The molecule has 148 valence electrons. The summed E-state index contributed by atoms with van der Waals surface area (Å²) in [6.45, 7) is -0.433. The first-order chi connectivity index (χ1) is 13.4. The van der Waals surface area contributed by atoms with Crippen molar-refractivity contribution in [3.05, 3.63) is 54.4 Å². The molecule has 3 rings (SSSR count). The van der Waals surface area contributed by atoms with Crippen LogP contribution in [-0.2, 0) is 0 Å². The van der Waals surface area contributed by atoms with Crippen LogP contribution in [0.1, 0.15) is 0 Å². The Hall–Kier alpha value is -3.23. The first-order valence-corrected chi connectivity index (χ1v) is 8.55. The highest BCUT2D eigenvalue weighted by molar-refractivity contribution is 6.08. The minimum absolute atomic E-state index is 0.0682. The highest BCUT2D eigenvalue weighted by atomic mass is 19.4. The molecule has 2 aromatic rings. The summed E-state index contributed by atoms with van der Waals surface area (Å²) >= 11 is 0. The van der Waals surface area contributed by atoms with Crippen molar-refractivity contribution in [1.29, 1.82) is 0 Å². The second kappa shape index (κ2) is 8.20. The number of hydrogen-bond donors (Lipinski definition) is 2. The largest absolute Gasteiger partial charge is 0.482 e. The van der Waals surface area contributed by atoms with E-state index in [2.05, 4.69) is 15.3 Å². The summed E-state index contributed by atoms with van der Waals surface area (Å²) in [5.41, 5.74) is 8.39. The van der Waals surface area contributed by atoms with Gasteiger partial charge in [-0.1, -0.05) is 12.1 Å². The van der Waals surface area contributed by atoms with Gasteiger partial charge in [0.2, 0.25) is 0 Å². The average molecular weight is 391 g/mol. The number of para-hydroxylation sites is 2. The molecule has 6 nitrogen and oxygen atoms in total. The first-order valence-electron chi connectivity index (χ1n) is 8.55. The number of hydrogen-bond acceptors (Lipinski definition) is 6. The maximum Gasteiger partial charge on any atom is 0.422 e. The van der Waals surface area contributed by atoms with Crippen LogP contribution in [0.4, 0.5) is 30.4 Å². The zero-order chi connectivity index (χ0) is 20.1. The summed E-state index contributed by atoms with van der Waals surface area (Å²) in [7, 11) is 1.81. The Morgan fingerprint density at radius 3 is 2.68 bits per heavy atom. The van der Waals surface area contributed by atoms with E-state index < -0.39 is 12.8 Å². The Morgan fingerprint density at radius 2 is 2.04 bits per heavy atom. The molecule has 1 fully saturated rings. The number of rotatable bonds is 5. The number of alkyl halides is 3. The fourth-order valence-electron chi connectivity index (χ4n) is 2.75. The van der Waals surface area contributed by atoms with E-state index in [0.29, 0.717) is 24.5 Å². The molecule has 0 unspecified atom stereocenters. The van der Waals surface area contributed by atoms with Crippen LogP contribution >= 0.6 is 0 Å². The summed E-state index contributed by atoms with van der Waals surface area (Å²) < 4.78 is 42.4. The molecule has 1 aliphatic rings. The Labute approximate surface area is 160 Å². The third kappa shape index (κ3) is 4.73. The van der Waals surface area contributed by atoms with Crippen molar-refractivity contribution in [3.8, 4) is 5.75 Å². The minimum Gasteiger partial charge on any atom is -0.482 e. The molecule has 0 spiro atoms. The van der Waals surface area contributed by atoms with Crippen LogP contribution < -0.4 is 20.7 Å². The van der Waals surface area contributed by atoms with Gasteiger partial charge in [0.05, 0.1) is 24.1 Å². The molecule has 9 heteroatoms. The SMILES string of the molecule is CNc1ccc(N2CC(=CN)C(=Nc3ccccc3OCC(F)(F)F)C2)nc1. The Bertz CT molecular complexity index is 878. The zero-order valence-electron chi connectivity index (χ0n) is 15.2. The van der Waals surface area contributed by atoms with E-state index in [1.807, 2.05) is 24.1 Å². The Kier molecular flexibility index (Phi) is 5.72. The number of benzene rings is 1. The highest BCUT2D eigenvalue weighted by Gasteiger charge is 2.29. The monoisotopic (exact) mass is 391 g/mol. The van der Waals surface area contributed by atoms with E-state index in [0.717, 1.165) is 17.1 Å². The molecule has 1 aromatic carbocycles. The van der Waals surface area contributed by atoms with Crippen LogP contribution in [-0.4, -0.2) is 43.6 Å². The van der Waals surface area contributed by atoms with Crippen LogP contribution in [0.2, 0.25) is 0 Å². The second-order valence-electron chi connectivity index (χ2n) is 6.13. The number of anilines is 2. The lowest BCUT2D eigenvalue weighted by atomic mass is 10.2. The third-order valence-corrected chi connectivity index (χ3v) is 4.15. The van der Waals surface area contributed by atoms with Crippen molar-refractivity contribution in [2.45, 2.75) is 6.18 Å². The van der Waals surface area contributed by atoms with E-state index >= 15 is 0 Å². The average Bonchev–Trinajstić information content (AvgIpc) is 3.09. The lowest BCUT2D eigenvalue weighted by Crippen LogP contribution is -2.20. The van der Waals surface area contributed by atoms with Crippen LogP contribution in [0.3, 0.4) is 0 Å². The van der Waals surface area contributed by atoms with Gasteiger partial charge < -0.3 is 20.7 Å². The van der Waals surface area contributed by atoms with Gasteiger partial charge in [-0.3, -0.25) is 0 Å². The zero-order valence-corrected chi connectivity index (χ0v) is 15.2. The van der Waals surface area contributed by atoms with Gasteiger partial charge in [0.15, 0.2) is 6.61 Å². The normalized spacial score (nSPS) is 17.4. The van der Waals surface area contributed by atoms with Gasteiger partial charge in [0, 0.05) is 25.4 Å². The van der Waals surface area contributed by atoms with Gasteiger partial charge in [0.1, 0.15) is 17.3 Å². The summed E-state index contributed by atoms with van der Waals surface area (Å²) in [6.07, 6.45) is -1.24. The molecule has 0 amide bonds. The van der Waals surface area contributed by atoms with Gasteiger partial charge in [-0.15, -0.1) is 0 Å². The van der Waals surface area contributed by atoms with Crippen LogP contribution in [0.15, 0.2) is 59.4 Å². The number of ether oxygens (including phenoxy) is 1. The minimum atomic E-state index is -4.42. The molecular formula is C19H20F3N5O. The number of nitrogens with one attached hydrogen (secondary N) is 1. The van der Waals surface area contributed by atoms with Crippen molar-refractivity contribution < 1.29 is 17.9 Å². The molecule has 3 N–H and O–H groups in total. The van der Waals surface area contributed by atoms with Crippen molar-refractivity contribution in [3.63, 3.8) is 0 Å². The number of halogens is 3. The molecule has 0 aliphatic carbocycles. The quantitative estimate of drug-likeness (QED) is 0.816. The lowest BCUT2D eigenvalue weighted by Gasteiger charge is -2.15. The van der Waals surface area contributed by atoms with Gasteiger partial charge in [-0.2, -0.15) is 13.2 Å². The summed E-state index contributed by atoms with van der Waals surface area (Å²) in [5, 5.41) is 3.00. The molecule has 0 atom stereocenters. The number of aliphatic imine (C=N–C) groups is 1. The number of pyridine rings is 1. The smallest absolute Gasteiger partial charge is 0.422 e. The molecule has 0 radical (unpaired) electrons. The van der Waals surface area contributed by atoms with Crippen molar-refractivity contribution in [1.82, 2.24) is 4.98 Å². The summed E-state index contributed by atoms with van der Waals surface area (Å²) in [5.74, 6) is 0.823. The number of nitrogens with zero attached hydrogens (tertiary/aromatic N) is 3.